The largest absolute Gasteiger partial charge is 0.309 e. The van der Waals surface area contributed by atoms with Crippen molar-refractivity contribution >= 4 is 33.1 Å². The first-order valence-corrected chi connectivity index (χ1v) is 22.6. The second-order valence-electron chi connectivity index (χ2n) is 16.9. The van der Waals surface area contributed by atoms with Crippen molar-refractivity contribution < 1.29 is 0 Å². The van der Waals surface area contributed by atoms with E-state index in [9.17, 15) is 0 Å². The summed E-state index contributed by atoms with van der Waals surface area (Å²) < 4.78 is 6.75. The maximum Gasteiger partial charge on any atom is 0.137 e. The molecule has 13 aromatic rings. The van der Waals surface area contributed by atoms with Gasteiger partial charge in [0, 0.05) is 62.2 Å². The van der Waals surface area contributed by atoms with Crippen LogP contribution in [0.4, 0.5) is 0 Å². The molecule has 6 heteroatoms. The van der Waals surface area contributed by atoms with Crippen LogP contribution in [0.15, 0.2) is 243 Å². The van der Waals surface area contributed by atoms with Crippen LogP contribution < -0.4 is 0 Å². The molecule has 0 unspecified atom stereocenters. The third-order valence-electron chi connectivity index (χ3n) is 12.9. The van der Waals surface area contributed by atoms with Gasteiger partial charge >= 0.3 is 0 Å². The molecule has 0 bridgehead atoms. The van der Waals surface area contributed by atoms with E-state index in [1.54, 1.807) is 0 Å². The minimum Gasteiger partial charge on any atom is -0.309 e. The number of fused-ring (bicyclic) bond motifs is 5. The lowest BCUT2D eigenvalue weighted by Gasteiger charge is -2.14. The fourth-order valence-corrected chi connectivity index (χ4v) is 9.79. The van der Waals surface area contributed by atoms with E-state index in [4.69, 9.17) is 15.0 Å². The summed E-state index contributed by atoms with van der Waals surface area (Å²) in [5.74, 6) is 0. The standard InChI is InChI=1S/C61H40N6/c1-4-18-41(19-5-1)58-60(65-34-14-12-30-56(65)63-58)46-24-16-22-44(36-46)52-38-48(43-32-33-51-50-28-10-11-29-54(50)67(55(51)40-43)49-26-8-3-9-27-49)39-53(62-52)45-23-17-25-47(37-45)61-59(42-20-6-2-7-21-42)64-57-31-13-15-35-66(57)61/h1-40H. The number of nitrogens with zero attached hydrogens (tertiary/aromatic N) is 6. The van der Waals surface area contributed by atoms with Gasteiger partial charge in [0.1, 0.15) is 11.3 Å². The third kappa shape index (κ3) is 6.62. The molecule has 0 amide bonds. The maximum absolute atomic E-state index is 5.54. The van der Waals surface area contributed by atoms with Gasteiger partial charge in [0.05, 0.1) is 45.2 Å². The summed E-state index contributed by atoms with van der Waals surface area (Å²) >= 11 is 0. The minimum absolute atomic E-state index is 0.873. The molecule has 7 aromatic carbocycles. The van der Waals surface area contributed by atoms with Crippen molar-refractivity contribution in [1.82, 2.24) is 28.3 Å². The van der Waals surface area contributed by atoms with Gasteiger partial charge < -0.3 is 4.57 Å². The molecule has 0 radical (unpaired) electrons. The maximum atomic E-state index is 5.54. The molecule has 0 saturated carbocycles. The molecule has 0 aliphatic carbocycles. The number of benzene rings is 7. The summed E-state index contributed by atoms with van der Waals surface area (Å²) in [7, 11) is 0. The molecule has 6 heterocycles. The zero-order chi connectivity index (χ0) is 44.3. The van der Waals surface area contributed by atoms with Crippen molar-refractivity contribution in [3.05, 3.63) is 243 Å². The number of para-hydroxylation sites is 2. The Morgan fingerprint density at radius 1 is 0.284 bits per heavy atom. The number of rotatable bonds is 8. The van der Waals surface area contributed by atoms with Crippen LogP contribution in [0.5, 0.6) is 0 Å². The van der Waals surface area contributed by atoms with Gasteiger partial charge in [0.15, 0.2) is 0 Å². The summed E-state index contributed by atoms with van der Waals surface area (Å²) in [5, 5.41) is 2.43. The molecule has 0 saturated heterocycles. The number of aromatic nitrogens is 6. The van der Waals surface area contributed by atoms with Gasteiger partial charge in [0.2, 0.25) is 0 Å². The van der Waals surface area contributed by atoms with Crippen LogP contribution >= 0.6 is 0 Å². The van der Waals surface area contributed by atoms with Crippen LogP contribution in [0.25, 0.3) is 117 Å². The molecule has 6 aromatic heterocycles. The first-order chi connectivity index (χ1) is 33.2. The third-order valence-corrected chi connectivity index (χ3v) is 12.9. The summed E-state index contributed by atoms with van der Waals surface area (Å²) in [4.78, 5) is 15.8. The molecule has 67 heavy (non-hydrogen) atoms. The van der Waals surface area contributed by atoms with Crippen LogP contribution in [-0.4, -0.2) is 28.3 Å². The smallest absolute Gasteiger partial charge is 0.137 e. The molecular weight excluding hydrogens is 817 g/mol. The molecule has 314 valence electrons. The highest BCUT2D eigenvalue weighted by atomic mass is 15.0. The van der Waals surface area contributed by atoms with E-state index in [0.717, 1.165) is 101 Å². The van der Waals surface area contributed by atoms with Crippen LogP contribution in [0, 0.1) is 0 Å². The Bertz CT molecular complexity index is 3800. The van der Waals surface area contributed by atoms with E-state index in [1.807, 2.05) is 24.3 Å². The number of hydrogen-bond donors (Lipinski definition) is 0. The van der Waals surface area contributed by atoms with E-state index in [2.05, 4.69) is 232 Å². The predicted octanol–water partition coefficient (Wildman–Crippen LogP) is 15.1. The van der Waals surface area contributed by atoms with Crippen LogP contribution in [-0.2, 0) is 0 Å². The fraction of sp³-hybridized carbons (Fsp3) is 0. The Balaban J connectivity index is 1.02. The zero-order valence-corrected chi connectivity index (χ0v) is 36.3. The highest BCUT2D eigenvalue weighted by Gasteiger charge is 2.20. The zero-order valence-electron chi connectivity index (χ0n) is 36.3. The molecule has 0 aliphatic rings. The van der Waals surface area contributed by atoms with Crippen molar-refractivity contribution in [2.45, 2.75) is 0 Å². The fourth-order valence-electron chi connectivity index (χ4n) is 9.79. The van der Waals surface area contributed by atoms with E-state index >= 15 is 0 Å². The quantitative estimate of drug-likeness (QED) is 0.153. The van der Waals surface area contributed by atoms with E-state index in [-0.39, 0.29) is 0 Å². The van der Waals surface area contributed by atoms with Crippen LogP contribution in [0.2, 0.25) is 0 Å². The van der Waals surface area contributed by atoms with Crippen LogP contribution in [0.1, 0.15) is 0 Å². The van der Waals surface area contributed by atoms with Gasteiger partial charge in [-0.15, -0.1) is 0 Å². The summed E-state index contributed by atoms with van der Waals surface area (Å²) in [6, 6.07) is 81.4. The number of pyridine rings is 3. The van der Waals surface area contributed by atoms with E-state index in [0.29, 0.717) is 0 Å². The van der Waals surface area contributed by atoms with E-state index < -0.39 is 0 Å². The Morgan fingerprint density at radius 2 is 0.761 bits per heavy atom. The molecule has 6 nitrogen and oxygen atoms in total. The average Bonchev–Trinajstić information content (AvgIpc) is 4.10. The molecule has 0 aliphatic heterocycles. The molecule has 0 fully saturated rings. The van der Waals surface area contributed by atoms with Gasteiger partial charge in [-0.2, -0.15) is 0 Å². The Morgan fingerprint density at radius 3 is 1.34 bits per heavy atom. The Hall–Kier alpha value is -9.13. The average molecular weight is 857 g/mol. The molecule has 0 atom stereocenters. The van der Waals surface area contributed by atoms with Crippen molar-refractivity contribution in [3.8, 4) is 84.4 Å². The van der Waals surface area contributed by atoms with Gasteiger partial charge in [-0.3, -0.25) is 8.80 Å². The first-order valence-electron chi connectivity index (χ1n) is 22.6. The lowest BCUT2D eigenvalue weighted by Crippen LogP contribution is -1.95. The van der Waals surface area contributed by atoms with Gasteiger partial charge in [-0.05, 0) is 83.9 Å². The lowest BCUT2D eigenvalue weighted by molar-refractivity contribution is 1.18. The SMILES string of the molecule is c1ccc(-c2nc3ccccn3c2-c2cccc(-c3cc(-c4ccc5c6ccccc6n(-c6ccccc6)c5c4)cc(-c4cccc(-c5c(-c6ccccc6)nc6ccccn56)c4)n3)c2)cc1. The van der Waals surface area contributed by atoms with Crippen molar-refractivity contribution in [2.75, 3.05) is 0 Å². The van der Waals surface area contributed by atoms with Crippen LogP contribution in [0.3, 0.4) is 0 Å². The first kappa shape index (κ1) is 38.3. The highest BCUT2D eigenvalue weighted by Crippen LogP contribution is 2.40. The normalized spacial score (nSPS) is 11.6. The van der Waals surface area contributed by atoms with Gasteiger partial charge in [-0.25, -0.2) is 15.0 Å². The number of imidazole rings is 2. The second-order valence-corrected chi connectivity index (χ2v) is 16.9. The predicted molar refractivity (Wildman–Crippen MR) is 274 cm³/mol. The topological polar surface area (TPSA) is 52.4 Å². The molecule has 0 spiro atoms. The number of hydrogen-bond acceptors (Lipinski definition) is 3. The van der Waals surface area contributed by atoms with Gasteiger partial charge in [-0.1, -0.05) is 158 Å². The second kappa shape index (κ2) is 15.8. The Kier molecular flexibility index (Phi) is 9.06. The minimum atomic E-state index is 0.873. The summed E-state index contributed by atoms with van der Waals surface area (Å²) in [5.41, 5.74) is 19.4. The monoisotopic (exact) mass is 856 g/mol. The lowest BCUT2D eigenvalue weighted by atomic mass is 9.96. The van der Waals surface area contributed by atoms with Crippen molar-refractivity contribution in [2.24, 2.45) is 0 Å². The van der Waals surface area contributed by atoms with Gasteiger partial charge in [0.25, 0.3) is 0 Å². The van der Waals surface area contributed by atoms with E-state index in [1.165, 1.54) is 16.3 Å². The van der Waals surface area contributed by atoms with Crippen molar-refractivity contribution in [1.29, 1.82) is 0 Å². The summed E-state index contributed by atoms with van der Waals surface area (Å²) in [6.07, 6.45) is 4.19. The highest BCUT2D eigenvalue weighted by molar-refractivity contribution is 6.10. The van der Waals surface area contributed by atoms with Crippen molar-refractivity contribution in [3.63, 3.8) is 0 Å². The molecule has 13 rings (SSSR count). The summed E-state index contributed by atoms with van der Waals surface area (Å²) in [6.45, 7) is 0. The molecule has 0 N–H and O–H groups in total. The molecular formula is C61H40N6. The Labute approximate surface area is 387 Å².